The summed E-state index contributed by atoms with van der Waals surface area (Å²) in [7, 11) is 0. The van der Waals surface area contributed by atoms with Crippen molar-refractivity contribution >= 4 is 24.5 Å². The Morgan fingerprint density at radius 2 is 2.33 bits per heavy atom. The molecule has 0 aromatic carbocycles. The van der Waals surface area contributed by atoms with Crippen LogP contribution >= 0.6 is 12.6 Å². The molecular formula is C9H15NO4S. The fraction of sp³-hybridized carbons (Fsp3) is 0.778. The molecule has 0 spiro atoms. The summed E-state index contributed by atoms with van der Waals surface area (Å²) in [4.78, 5) is 22.3. The van der Waals surface area contributed by atoms with Gasteiger partial charge in [-0.15, -0.1) is 0 Å². The maximum Gasteiger partial charge on any atom is 0.326 e. The minimum absolute atomic E-state index is 0.316. The van der Waals surface area contributed by atoms with Crippen molar-refractivity contribution in [1.29, 1.82) is 0 Å². The zero-order valence-electron chi connectivity index (χ0n) is 8.31. The van der Waals surface area contributed by atoms with Gasteiger partial charge in [-0.05, 0) is 25.0 Å². The van der Waals surface area contributed by atoms with Crippen LogP contribution in [0.25, 0.3) is 0 Å². The van der Waals surface area contributed by atoms with Crippen LogP contribution in [0.1, 0.15) is 19.3 Å². The van der Waals surface area contributed by atoms with E-state index in [1.807, 2.05) is 0 Å². The third-order valence-electron chi connectivity index (χ3n) is 2.25. The highest BCUT2D eigenvalue weighted by Crippen LogP contribution is 2.12. The number of hydrogen-bond acceptors (Lipinski definition) is 4. The number of nitrogens with one attached hydrogen (secondary N) is 1. The van der Waals surface area contributed by atoms with Crippen LogP contribution in [0, 0.1) is 0 Å². The quantitative estimate of drug-likeness (QED) is 0.587. The first kappa shape index (κ1) is 12.3. The second kappa shape index (κ2) is 5.97. The van der Waals surface area contributed by atoms with Crippen molar-refractivity contribution in [2.45, 2.75) is 31.4 Å². The van der Waals surface area contributed by atoms with Gasteiger partial charge < -0.3 is 15.2 Å². The van der Waals surface area contributed by atoms with Crippen LogP contribution in [0.2, 0.25) is 0 Å². The van der Waals surface area contributed by atoms with E-state index in [-0.39, 0.29) is 5.91 Å². The monoisotopic (exact) mass is 233 g/mol. The van der Waals surface area contributed by atoms with Crippen LogP contribution < -0.4 is 5.32 Å². The number of hydrogen-bond donors (Lipinski definition) is 3. The predicted octanol–water partition coefficient (Wildman–Crippen LogP) is 0.0547. The van der Waals surface area contributed by atoms with Crippen molar-refractivity contribution in [2.24, 2.45) is 0 Å². The van der Waals surface area contributed by atoms with E-state index in [4.69, 9.17) is 9.84 Å². The van der Waals surface area contributed by atoms with Gasteiger partial charge >= 0.3 is 5.97 Å². The molecule has 6 heteroatoms. The minimum atomic E-state index is -1.03. The van der Waals surface area contributed by atoms with Gasteiger partial charge in [0.1, 0.15) is 12.1 Å². The SMILES string of the molecule is O=C(O)C(CCS)NC(=O)C1CCCO1. The molecule has 0 bridgehead atoms. The molecule has 0 saturated carbocycles. The number of carbonyl (C=O) groups excluding carboxylic acids is 1. The topological polar surface area (TPSA) is 75.6 Å². The van der Waals surface area contributed by atoms with Crippen LogP contribution in [0.5, 0.6) is 0 Å². The van der Waals surface area contributed by atoms with Gasteiger partial charge in [-0.25, -0.2) is 4.79 Å². The van der Waals surface area contributed by atoms with Gasteiger partial charge in [-0.3, -0.25) is 4.79 Å². The highest BCUT2D eigenvalue weighted by molar-refractivity contribution is 7.80. The minimum Gasteiger partial charge on any atom is -0.480 e. The number of rotatable bonds is 5. The largest absolute Gasteiger partial charge is 0.480 e. The third-order valence-corrected chi connectivity index (χ3v) is 2.51. The lowest BCUT2D eigenvalue weighted by atomic mass is 10.2. The highest BCUT2D eigenvalue weighted by Gasteiger charge is 2.27. The lowest BCUT2D eigenvalue weighted by Gasteiger charge is -2.16. The van der Waals surface area contributed by atoms with Crippen LogP contribution in [0.15, 0.2) is 0 Å². The van der Waals surface area contributed by atoms with Crippen LogP contribution in [0.4, 0.5) is 0 Å². The maximum atomic E-state index is 11.5. The Balaban J connectivity index is 2.42. The Morgan fingerprint density at radius 3 is 2.80 bits per heavy atom. The number of carboxylic acid groups (broad SMARTS) is 1. The van der Waals surface area contributed by atoms with E-state index in [2.05, 4.69) is 17.9 Å². The first-order valence-electron chi connectivity index (χ1n) is 4.90. The first-order valence-corrected chi connectivity index (χ1v) is 5.54. The molecule has 15 heavy (non-hydrogen) atoms. The number of amides is 1. The van der Waals surface area contributed by atoms with Gasteiger partial charge in [0, 0.05) is 6.61 Å². The number of aliphatic carboxylic acids is 1. The normalized spacial score (nSPS) is 22.3. The smallest absolute Gasteiger partial charge is 0.326 e. The highest BCUT2D eigenvalue weighted by atomic mass is 32.1. The molecule has 2 unspecified atom stereocenters. The van der Waals surface area contributed by atoms with E-state index in [0.717, 1.165) is 6.42 Å². The third kappa shape index (κ3) is 3.71. The molecule has 1 saturated heterocycles. The van der Waals surface area contributed by atoms with E-state index in [1.54, 1.807) is 0 Å². The van der Waals surface area contributed by atoms with Gasteiger partial charge in [0.25, 0.3) is 0 Å². The molecule has 0 aliphatic carbocycles. The molecule has 2 N–H and O–H groups in total. The van der Waals surface area contributed by atoms with E-state index >= 15 is 0 Å². The fourth-order valence-corrected chi connectivity index (χ4v) is 1.69. The average Bonchev–Trinajstić information content (AvgIpc) is 2.69. The van der Waals surface area contributed by atoms with E-state index < -0.39 is 18.1 Å². The van der Waals surface area contributed by atoms with Gasteiger partial charge in [-0.2, -0.15) is 12.6 Å². The van der Waals surface area contributed by atoms with Gasteiger partial charge in [-0.1, -0.05) is 0 Å². The molecule has 1 heterocycles. The number of thiol groups is 1. The van der Waals surface area contributed by atoms with Crippen molar-refractivity contribution in [3.05, 3.63) is 0 Å². The predicted molar refractivity (Wildman–Crippen MR) is 57.0 cm³/mol. The van der Waals surface area contributed by atoms with Crippen molar-refractivity contribution in [3.63, 3.8) is 0 Å². The second-order valence-electron chi connectivity index (χ2n) is 3.41. The number of ether oxygens (including phenoxy) is 1. The van der Waals surface area contributed by atoms with E-state index in [1.165, 1.54) is 0 Å². The summed E-state index contributed by atoms with van der Waals surface area (Å²) >= 11 is 3.94. The Kier molecular flexibility index (Phi) is 4.90. The Labute approximate surface area is 93.6 Å². The molecule has 0 aromatic heterocycles. The lowest BCUT2D eigenvalue weighted by Crippen LogP contribution is -2.45. The summed E-state index contributed by atoms with van der Waals surface area (Å²) in [5.41, 5.74) is 0. The van der Waals surface area contributed by atoms with Crippen molar-refractivity contribution in [2.75, 3.05) is 12.4 Å². The summed E-state index contributed by atoms with van der Waals surface area (Å²) in [5, 5.41) is 11.3. The van der Waals surface area contributed by atoms with Gasteiger partial charge in [0.2, 0.25) is 5.91 Å². The average molecular weight is 233 g/mol. The van der Waals surface area contributed by atoms with Gasteiger partial charge in [0.15, 0.2) is 0 Å². The van der Waals surface area contributed by atoms with Crippen LogP contribution in [-0.4, -0.2) is 41.5 Å². The molecule has 1 aliphatic heterocycles. The molecule has 2 atom stereocenters. The summed E-state index contributed by atoms with van der Waals surface area (Å²) in [6, 6.07) is -0.862. The van der Waals surface area contributed by atoms with Crippen molar-refractivity contribution in [3.8, 4) is 0 Å². The van der Waals surface area contributed by atoms with E-state index in [9.17, 15) is 9.59 Å². The zero-order chi connectivity index (χ0) is 11.3. The summed E-state index contributed by atoms with van der Waals surface area (Å²) < 4.78 is 5.15. The number of carboxylic acids is 1. The van der Waals surface area contributed by atoms with Crippen molar-refractivity contribution < 1.29 is 19.4 Å². The summed E-state index contributed by atoms with van der Waals surface area (Å²) in [5.74, 6) is -0.944. The van der Waals surface area contributed by atoms with Crippen LogP contribution in [-0.2, 0) is 14.3 Å². The summed E-state index contributed by atoms with van der Waals surface area (Å²) in [6.07, 6.45) is 1.35. The second-order valence-corrected chi connectivity index (χ2v) is 3.86. The van der Waals surface area contributed by atoms with Crippen molar-refractivity contribution in [1.82, 2.24) is 5.32 Å². The summed E-state index contributed by atoms with van der Waals surface area (Å²) in [6.45, 7) is 0.572. The first-order chi connectivity index (χ1) is 7.15. The maximum absolute atomic E-state index is 11.5. The van der Waals surface area contributed by atoms with E-state index in [0.29, 0.717) is 25.2 Å². The molecule has 1 amide bonds. The molecular weight excluding hydrogens is 218 g/mol. The molecule has 1 aliphatic rings. The zero-order valence-corrected chi connectivity index (χ0v) is 9.20. The fourth-order valence-electron chi connectivity index (χ4n) is 1.44. The molecule has 86 valence electrons. The lowest BCUT2D eigenvalue weighted by molar-refractivity contribution is -0.143. The Bertz CT molecular complexity index is 240. The molecule has 1 rings (SSSR count). The standard InChI is InChI=1S/C9H15NO4S/c11-8(7-2-1-4-14-7)10-6(3-5-15)9(12)13/h6-7,15H,1-5H2,(H,10,11)(H,12,13). The molecule has 5 nitrogen and oxygen atoms in total. The molecule has 0 aromatic rings. The molecule has 1 fully saturated rings. The van der Waals surface area contributed by atoms with Crippen LogP contribution in [0.3, 0.4) is 0 Å². The Hall–Kier alpha value is -0.750. The molecule has 0 radical (unpaired) electrons. The number of carbonyl (C=O) groups is 2. The van der Waals surface area contributed by atoms with Gasteiger partial charge in [0.05, 0.1) is 0 Å². The Morgan fingerprint density at radius 1 is 1.60 bits per heavy atom.